The Kier molecular flexibility index (Phi) is 14.1. The van der Waals surface area contributed by atoms with Crippen LogP contribution in [0.25, 0.3) is 0 Å². The number of rotatable bonds is 6. The van der Waals surface area contributed by atoms with Crippen LogP contribution in [0.5, 0.6) is 0 Å². The van der Waals surface area contributed by atoms with Crippen molar-refractivity contribution in [1.29, 1.82) is 5.26 Å². The summed E-state index contributed by atoms with van der Waals surface area (Å²) in [6, 6.07) is 19.9. The lowest BCUT2D eigenvalue weighted by atomic mass is 9.99. The summed E-state index contributed by atoms with van der Waals surface area (Å²) in [4.78, 5) is 16.0. The Hall–Kier alpha value is -2.75. The van der Waals surface area contributed by atoms with E-state index in [-0.39, 0.29) is 12.2 Å². The summed E-state index contributed by atoms with van der Waals surface area (Å²) in [5.74, 6) is 1.40. The number of aliphatic imine (C=N–C) groups is 2. The molecule has 5 N–H and O–H groups in total. The summed E-state index contributed by atoms with van der Waals surface area (Å²) >= 11 is 11.9. The van der Waals surface area contributed by atoms with Crippen LogP contribution in [0.2, 0.25) is 10.0 Å². The summed E-state index contributed by atoms with van der Waals surface area (Å²) in [6.45, 7) is 7.66. The molecule has 4 fully saturated rings. The van der Waals surface area contributed by atoms with E-state index in [2.05, 4.69) is 54.3 Å². The molecular formula is C37H52Cl2N8O2. The van der Waals surface area contributed by atoms with Gasteiger partial charge in [0.25, 0.3) is 0 Å². The number of piperidine rings is 2. The second-order valence-electron chi connectivity index (χ2n) is 13.8. The van der Waals surface area contributed by atoms with Gasteiger partial charge in [0.15, 0.2) is 0 Å². The van der Waals surface area contributed by atoms with Gasteiger partial charge in [-0.25, -0.2) is 4.99 Å². The highest BCUT2D eigenvalue weighted by molar-refractivity contribution is 6.30. The third-order valence-corrected chi connectivity index (χ3v) is 10.8. The maximum Gasteiger partial charge on any atom is 0.222 e. The van der Waals surface area contributed by atoms with E-state index >= 15 is 0 Å². The molecule has 2 aromatic rings. The lowest BCUT2D eigenvalue weighted by Crippen LogP contribution is -2.48. The summed E-state index contributed by atoms with van der Waals surface area (Å²) in [6.07, 6.45) is 7.85. The Morgan fingerprint density at radius 3 is 1.69 bits per heavy atom. The van der Waals surface area contributed by atoms with Crippen molar-refractivity contribution in [3.05, 3.63) is 69.7 Å². The number of amidine groups is 1. The maximum atomic E-state index is 10.3. The topological polar surface area (TPSA) is 137 Å². The normalized spacial score (nSPS) is 26.7. The van der Waals surface area contributed by atoms with Crippen LogP contribution in [0, 0.1) is 11.3 Å². The van der Waals surface area contributed by atoms with Crippen molar-refractivity contribution in [3.63, 3.8) is 0 Å². The second kappa shape index (κ2) is 18.5. The van der Waals surface area contributed by atoms with E-state index in [1.807, 2.05) is 24.3 Å². The van der Waals surface area contributed by atoms with Crippen molar-refractivity contribution in [3.8, 4) is 6.07 Å². The molecule has 2 aromatic carbocycles. The number of likely N-dealkylation sites (tertiary alicyclic amines) is 3. The number of nitrogens with two attached hydrogens (primary N) is 1. The quantitative estimate of drug-likeness (QED) is 0.352. The number of β-amino-alcohol motifs (C(OH)–C–C–N with tert-alkyl or cyclic N) is 2. The molecule has 2 unspecified atom stereocenters. The number of aliphatic hydroxyl groups is 2. The third-order valence-electron chi connectivity index (χ3n) is 10.3. The molecule has 5 aliphatic rings. The highest BCUT2D eigenvalue weighted by Crippen LogP contribution is 2.30. The largest absolute Gasteiger partial charge is 0.392 e. The van der Waals surface area contributed by atoms with Gasteiger partial charge in [-0.15, -0.1) is 0 Å². The molecule has 0 spiro atoms. The van der Waals surface area contributed by atoms with Gasteiger partial charge in [-0.2, -0.15) is 10.3 Å². The second-order valence-corrected chi connectivity index (χ2v) is 14.7. The first-order chi connectivity index (χ1) is 23.7. The van der Waals surface area contributed by atoms with E-state index < -0.39 is 0 Å². The van der Waals surface area contributed by atoms with Crippen molar-refractivity contribution in [2.45, 2.75) is 94.7 Å². The van der Waals surface area contributed by atoms with Crippen molar-refractivity contribution in [1.82, 2.24) is 20.0 Å². The molecule has 0 aliphatic carbocycles. The van der Waals surface area contributed by atoms with Gasteiger partial charge in [-0.1, -0.05) is 47.5 Å². The highest BCUT2D eigenvalue weighted by atomic mass is 35.5. The van der Waals surface area contributed by atoms with Crippen LogP contribution in [0.3, 0.4) is 0 Å². The molecule has 7 rings (SSSR count). The summed E-state index contributed by atoms with van der Waals surface area (Å²) in [5, 5.41) is 32.6. The third kappa shape index (κ3) is 10.9. The van der Waals surface area contributed by atoms with E-state index in [4.69, 9.17) is 34.2 Å². The highest BCUT2D eigenvalue weighted by Gasteiger charge is 2.38. The van der Waals surface area contributed by atoms with E-state index in [9.17, 15) is 10.2 Å². The fourth-order valence-corrected chi connectivity index (χ4v) is 8.22. The Balaban J connectivity index is 0.000000182. The molecule has 0 radical (unpaired) electrons. The smallest absolute Gasteiger partial charge is 0.222 e. The average Bonchev–Trinajstić information content (AvgIpc) is 3.82. The minimum atomic E-state index is -0.228. The van der Waals surface area contributed by atoms with Gasteiger partial charge < -0.3 is 26.2 Å². The predicted octanol–water partition coefficient (Wildman–Crippen LogP) is 4.11. The number of nitriles is 1. The van der Waals surface area contributed by atoms with Gasteiger partial charge in [0, 0.05) is 67.3 Å². The number of nitrogens with zero attached hydrogens (tertiary/aromatic N) is 6. The Morgan fingerprint density at radius 2 is 1.27 bits per heavy atom. The molecule has 266 valence electrons. The van der Waals surface area contributed by atoms with Crippen LogP contribution >= 0.6 is 23.2 Å². The van der Waals surface area contributed by atoms with Crippen molar-refractivity contribution in [2.24, 2.45) is 15.7 Å². The number of hydrogen-bond donors (Lipinski definition) is 4. The van der Waals surface area contributed by atoms with Gasteiger partial charge in [0.05, 0.1) is 18.3 Å². The first-order valence-electron chi connectivity index (χ1n) is 17.7. The Bertz CT molecular complexity index is 1420. The zero-order valence-electron chi connectivity index (χ0n) is 28.6. The molecule has 4 saturated heterocycles. The number of hydrogen-bond acceptors (Lipinski definition) is 10. The first-order valence-corrected chi connectivity index (χ1v) is 18.5. The zero-order chi connectivity index (χ0) is 34.8. The molecule has 49 heavy (non-hydrogen) atoms. The molecule has 4 atom stereocenters. The minimum absolute atomic E-state index is 0.165. The predicted molar refractivity (Wildman–Crippen MR) is 198 cm³/mol. The molecule has 0 saturated carbocycles. The Labute approximate surface area is 301 Å². The lowest BCUT2D eigenvalue weighted by molar-refractivity contribution is 0.109. The molecular weight excluding hydrogens is 659 g/mol. The number of halogens is 2. The lowest BCUT2D eigenvalue weighted by Gasteiger charge is -2.39. The number of nitrogens with one attached hydrogen (secondary N) is 1. The van der Waals surface area contributed by atoms with Gasteiger partial charge in [0.2, 0.25) is 5.96 Å². The summed E-state index contributed by atoms with van der Waals surface area (Å²) in [7, 11) is 0. The molecule has 0 aromatic heterocycles. The van der Waals surface area contributed by atoms with Gasteiger partial charge in [-0.05, 0) is 99.8 Å². The van der Waals surface area contributed by atoms with Crippen LogP contribution in [0.15, 0.2) is 58.5 Å². The van der Waals surface area contributed by atoms with Crippen molar-refractivity contribution < 1.29 is 10.2 Å². The molecule has 0 amide bonds. The van der Waals surface area contributed by atoms with Crippen molar-refractivity contribution in [2.75, 3.05) is 45.8 Å². The van der Waals surface area contributed by atoms with Gasteiger partial charge in [0.1, 0.15) is 12.4 Å². The first kappa shape index (κ1) is 37.5. The molecule has 0 bridgehead atoms. The minimum Gasteiger partial charge on any atom is -0.392 e. The molecule has 12 heteroatoms. The summed E-state index contributed by atoms with van der Waals surface area (Å²) in [5.41, 5.74) is 8.33. The number of benzene rings is 2. The van der Waals surface area contributed by atoms with Crippen molar-refractivity contribution >= 4 is 35.0 Å². The molecule has 5 heterocycles. The van der Waals surface area contributed by atoms with Crippen LogP contribution in [0.4, 0.5) is 0 Å². The number of guanidine groups is 1. The SMILES string of the molecule is CC#N.NC1=NC(N2CCC(N3C[C@@H](O)CC3Cc3ccc(Cl)cc3)CC2)=NC1.O[C@H]1CC(Cc2ccc(Cl)cc2)N(C2CCNCC2)C1. The zero-order valence-corrected chi connectivity index (χ0v) is 30.1. The summed E-state index contributed by atoms with van der Waals surface area (Å²) < 4.78 is 0. The molecule has 10 nitrogen and oxygen atoms in total. The average molecular weight is 712 g/mol. The maximum absolute atomic E-state index is 10.3. The molecule has 5 aliphatic heterocycles. The standard InChI is InChI=1S/C19H26ClN5O.C16H23ClN2O.C2H3N/c20-14-3-1-13(2-4-14)9-16-10-17(26)12-25(16)15-5-7-24(8-6-15)19-22-11-18(21)23-19;17-13-3-1-12(2-4-13)9-15-10-16(20)11-19(15)14-5-7-18-8-6-14;1-2-3/h1-4,15-17,26H,5-12H2,(H2,21,22,23);1-4,14-16,18,20H,5-11H2;1H3/t16?,17-;15?,16-;/m00./s1. The van der Waals surface area contributed by atoms with Crippen LogP contribution in [0.1, 0.15) is 56.6 Å². The van der Waals surface area contributed by atoms with E-state index in [0.29, 0.717) is 36.5 Å². The van der Waals surface area contributed by atoms with Crippen LogP contribution < -0.4 is 11.1 Å². The fourth-order valence-electron chi connectivity index (χ4n) is 7.97. The van der Waals surface area contributed by atoms with Gasteiger partial charge in [-0.3, -0.25) is 9.80 Å². The van der Waals surface area contributed by atoms with E-state index in [0.717, 1.165) is 93.8 Å². The van der Waals surface area contributed by atoms with E-state index in [1.54, 1.807) is 6.07 Å². The van der Waals surface area contributed by atoms with E-state index in [1.165, 1.54) is 30.9 Å². The monoisotopic (exact) mass is 710 g/mol. The fraction of sp³-hybridized carbons (Fsp3) is 0.595. The van der Waals surface area contributed by atoms with Gasteiger partial charge >= 0.3 is 0 Å². The van der Waals surface area contributed by atoms with Crippen LogP contribution in [-0.2, 0) is 12.8 Å². The number of aliphatic hydroxyl groups excluding tert-OH is 2. The van der Waals surface area contributed by atoms with Crippen LogP contribution in [-0.4, -0.2) is 119 Å². The Morgan fingerprint density at radius 1 is 0.816 bits per heavy atom.